The van der Waals surface area contributed by atoms with Gasteiger partial charge in [0.15, 0.2) is 0 Å². The molecule has 0 aromatic heterocycles. The highest BCUT2D eigenvalue weighted by molar-refractivity contribution is 5.73. The number of hydrogen-bond donors (Lipinski definition) is 1. The summed E-state index contributed by atoms with van der Waals surface area (Å²) < 4.78 is 21.9. The van der Waals surface area contributed by atoms with Crippen LogP contribution in [0.25, 0.3) is 0 Å². The van der Waals surface area contributed by atoms with Gasteiger partial charge in [0.2, 0.25) is 0 Å². The van der Waals surface area contributed by atoms with Crippen molar-refractivity contribution in [3.8, 4) is 0 Å². The fourth-order valence-corrected chi connectivity index (χ4v) is 0.751. The van der Waals surface area contributed by atoms with Crippen molar-refractivity contribution in [1.29, 1.82) is 0 Å². The van der Waals surface area contributed by atoms with E-state index in [0.717, 1.165) is 0 Å². The molecule has 1 rings (SSSR count). The molecule has 0 bridgehead atoms. The minimum atomic E-state index is -2.59. The van der Waals surface area contributed by atoms with Crippen LogP contribution >= 0.6 is 0 Å². The van der Waals surface area contributed by atoms with Crippen LogP contribution in [0.4, 0.5) is 0 Å². The average Bonchev–Trinajstić information content (AvgIpc) is 2.25. The first kappa shape index (κ1) is 3.90. The molecule has 0 aliphatic carbocycles. The number of carbonyl (C=O) groups is 1. The summed E-state index contributed by atoms with van der Waals surface area (Å²) in [4.78, 5) is 20.8. The molecule has 0 unspecified atom stereocenters. The zero-order valence-electron chi connectivity index (χ0n) is 8.07. The largest absolute Gasteiger partial charge is 0.480 e. The van der Waals surface area contributed by atoms with E-state index in [1.807, 2.05) is 0 Å². The van der Waals surface area contributed by atoms with Crippen molar-refractivity contribution >= 4 is 5.97 Å². The third kappa shape index (κ3) is 1.07. The topological polar surface area (TPSA) is 70.0 Å². The first-order valence-electron chi connectivity index (χ1n) is 4.20. The zero-order valence-corrected chi connectivity index (χ0v) is 5.07. The van der Waals surface area contributed by atoms with Gasteiger partial charge in [0, 0.05) is 9.29 Å². The summed E-state index contributed by atoms with van der Waals surface area (Å²) in [6.07, 6.45) is -2.44. The predicted octanol–water partition coefficient (Wildman–Crippen LogP) is 0.217. The van der Waals surface area contributed by atoms with Gasteiger partial charge >= 0.3 is 5.97 Å². The van der Waals surface area contributed by atoms with Crippen molar-refractivity contribution in [3.63, 3.8) is 0 Å². The minimum absolute atomic E-state index is 0.147. The molecule has 0 amide bonds. The van der Waals surface area contributed by atoms with Gasteiger partial charge in [-0.25, -0.2) is 9.80 Å². The van der Waals surface area contributed by atoms with Crippen LogP contribution < -0.4 is 0 Å². The Morgan fingerprint density at radius 3 is 3.10 bits per heavy atom. The van der Waals surface area contributed by atoms with Crippen molar-refractivity contribution in [2.75, 3.05) is 6.54 Å². The summed E-state index contributed by atoms with van der Waals surface area (Å²) in [6, 6.07) is -2.59. The van der Waals surface area contributed by atoms with Gasteiger partial charge in [0.05, 0.1) is 6.66 Å². The molecule has 1 heterocycles. The monoisotopic (exact) mass is 147 g/mol. The summed E-state index contributed by atoms with van der Waals surface area (Å²) in [7, 11) is 0. The van der Waals surface area contributed by atoms with Crippen LogP contribution in [0.3, 0.4) is 0 Å². The van der Waals surface area contributed by atoms with E-state index in [4.69, 9.17) is 9.22 Å². The number of nitrogens with zero attached hydrogens (tertiary/aromatic N) is 2. The zero-order chi connectivity index (χ0) is 10.3. The highest BCUT2D eigenvalue weighted by atomic mass is 16.4. The Bertz CT molecular complexity index is 259. The third-order valence-corrected chi connectivity index (χ3v) is 1.18. The van der Waals surface area contributed by atoms with E-state index in [2.05, 4.69) is 5.29 Å². The summed E-state index contributed by atoms with van der Waals surface area (Å²) in [6.45, 7) is -0.147. The molecule has 1 N–H and O–H groups in total. The Hall–Kier alpha value is -1.13. The normalized spacial score (nSPS) is 41.6. The molecule has 1 aliphatic heterocycles. The second kappa shape index (κ2) is 2.64. The van der Waals surface area contributed by atoms with Gasteiger partial charge in [0.25, 0.3) is 0 Å². The van der Waals surface area contributed by atoms with E-state index < -0.39 is 18.4 Å². The van der Waals surface area contributed by atoms with Crippen molar-refractivity contribution in [3.05, 3.63) is 4.91 Å². The number of aliphatic carboxylic acids is 1. The maximum absolute atomic E-state index is 10.6. The van der Waals surface area contributed by atoms with Gasteiger partial charge in [-0.2, -0.15) is 0 Å². The van der Waals surface area contributed by atoms with Crippen LogP contribution in [0.1, 0.15) is 16.9 Å². The van der Waals surface area contributed by atoms with Crippen LogP contribution in [0.5, 0.6) is 0 Å². The number of carboxylic acid groups (broad SMARTS) is 1. The van der Waals surface area contributed by atoms with Crippen molar-refractivity contribution < 1.29 is 14.0 Å². The number of rotatable bonds is 2. The lowest BCUT2D eigenvalue weighted by atomic mass is 10.2. The van der Waals surface area contributed by atoms with Crippen molar-refractivity contribution in [1.82, 2.24) is 5.01 Å². The van der Waals surface area contributed by atoms with Crippen molar-refractivity contribution in [2.45, 2.75) is 18.8 Å². The molecule has 1 saturated heterocycles. The predicted molar refractivity (Wildman–Crippen MR) is 33.2 cm³/mol. The molecule has 1 fully saturated rings. The number of carboxylic acids is 1. The van der Waals surface area contributed by atoms with Crippen molar-refractivity contribution in [2.24, 2.45) is 5.29 Å². The Kier molecular flexibility index (Phi) is 1.03. The summed E-state index contributed by atoms with van der Waals surface area (Å²) in [5, 5.41) is 11.4. The van der Waals surface area contributed by atoms with Gasteiger partial charge in [-0.1, -0.05) is 0 Å². The molecular weight excluding hydrogens is 136 g/mol. The lowest BCUT2D eigenvalue weighted by Gasteiger charge is -2.11. The van der Waals surface area contributed by atoms with E-state index >= 15 is 0 Å². The second-order valence-electron chi connectivity index (χ2n) is 1.79. The van der Waals surface area contributed by atoms with Crippen LogP contribution in [0.2, 0.25) is 0 Å². The molecule has 0 spiro atoms. The summed E-state index contributed by atoms with van der Waals surface area (Å²) in [5.74, 6) is -1.70. The van der Waals surface area contributed by atoms with Crippen LogP contribution in [0.15, 0.2) is 5.29 Å². The molecule has 10 heavy (non-hydrogen) atoms. The minimum Gasteiger partial charge on any atom is -0.480 e. The lowest BCUT2D eigenvalue weighted by Crippen LogP contribution is -2.31. The van der Waals surface area contributed by atoms with Gasteiger partial charge in [-0.05, 0) is 12.8 Å². The Morgan fingerprint density at radius 2 is 2.70 bits per heavy atom. The highest BCUT2D eigenvalue weighted by Gasteiger charge is 2.30. The summed E-state index contributed by atoms with van der Waals surface area (Å²) in [5.41, 5.74) is 0. The molecule has 1 aliphatic rings. The van der Waals surface area contributed by atoms with Crippen LogP contribution in [0, 0.1) is 4.91 Å². The van der Waals surface area contributed by atoms with Crippen LogP contribution in [-0.2, 0) is 4.79 Å². The average molecular weight is 147 g/mol. The van der Waals surface area contributed by atoms with E-state index in [-0.39, 0.29) is 13.0 Å². The number of nitroso groups, excluding NO2 is 1. The van der Waals surface area contributed by atoms with Gasteiger partial charge in [0.1, 0.15) is 6.02 Å². The molecule has 0 saturated carbocycles. The fraction of sp³-hybridized carbons (Fsp3) is 0.800. The molecule has 5 heteroatoms. The molecule has 0 aromatic rings. The van der Waals surface area contributed by atoms with Crippen LogP contribution in [-0.4, -0.2) is 28.6 Å². The van der Waals surface area contributed by atoms with E-state index in [9.17, 15) is 9.70 Å². The van der Waals surface area contributed by atoms with Gasteiger partial charge < -0.3 is 5.11 Å². The quantitative estimate of drug-likeness (QED) is 0.567. The molecule has 0 aromatic carbocycles. The Balaban J connectivity index is 3.12. The standard InChI is InChI=1S/C5H8N2O3/c8-5(9)4-2-1-3-7(4)6-10/h4H,1-3H2,(H,8,9)/t4-/m0/s1/i2D2,4D. The molecule has 1 atom stereocenters. The third-order valence-electron chi connectivity index (χ3n) is 1.18. The second-order valence-corrected chi connectivity index (χ2v) is 1.79. The maximum atomic E-state index is 10.6. The Labute approximate surface area is 61.8 Å². The lowest BCUT2D eigenvalue weighted by molar-refractivity contribution is -0.142. The van der Waals surface area contributed by atoms with Gasteiger partial charge in [-0.15, -0.1) is 4.91 Å². The number of hydrogen-bond acceptors (Lipinski definition) is 3. The van der Waals surface area contributed by atoms with E-state index in [0.29, 0.717) is 5.01 Å². The Morgan fingerprint density at radius 1 is 2.00 bits per heavy atom. The maximum Gasteiger partial charge on any atom is 0.328 e. The summed E-state index contributed by atoms with van der Waals surface area (Å²) >= 11 is 0. The van der Waals surface area contributed by atoms with E-state index in [1.54, 1.807) is 0 Å². The molecule has 56 valence electrons. The molecular formula is C5H8N2O3. The smallest absolute Gasteiger partial charge is 0.328 e. The first-order valence-corrected chi connectivity index (χ1v) is 2.70. The van der Waals surface area contributed by atoms with E-state index in [1.165, 1.54) is 0 Å². The molecule has 5 nitrogen and oxygen atoms in total. The van der Waals surface area contributed by atoms with Gasteiger partial charge in [-0.3, -0.25) is 0 Å². The fourth-order valence-electron chi connectivity index (χ4n) is 0.751. The highest BCUT2D eigenvalue weighted by Crippen LogP contribution is 2.16. The first-order chi connectivity index (χ1) is 5.86. The SMILES string of the molecule is [2H]C1([2H])CCN(N=O)[C@]1([2H])C(=O)O. The molecule has 0 radical (unpaired) electrons.